The van der Waals surface area contributed by atoms with E-state index in [1.165, 1.54) is 4.88 Å². The summed E-state index contributed by atoms with van der Waals surface area (Å²) in [5, 5.41) is 0. The molecule has 20 heavy (non-hydrogen) atoms. The number of hydrogen-bond acceptors (Lipinski definition) is 5. The summed E-state index contributed by atoms with van der Waals surface area (Å²) in [7, 11) is 3.44. The van der Waals surface area contributed by atoms with Gasteiger partial charge in [0, 0.05) is 44.8 Å². The normalized spacial score (nSPS) is 14.7. The monoisotopic (exact) mass is 320 g/mol. The molecular formula is C14H25ClN2O2S. The molecule has 0 aliphatic rings. The Morgan fingerprint density at radius 2 is 1.95 bits per heavy atom. The van der Waals surface area contributed by atoms with E-state index in [2.05, 4.69) is 11.0 Å². The quantitative estimate of drug-likeness (QED) is 0.673. The van der Waals surface area contributed by atoms with E-state index in [0.717, 1.165) is 30.5 Å². The third kappa shape index (κ3) is 5.68. The fraction of sp³-hybridized carbons (Fsp3) is 0.714. The van der Waals surface area contributed by atoms with Crippen LogP contribution in [0.5, 0.6) is 0 Å². The highest BCUT2D eigenvalue weighted by Crippen LogP contribution is 2.32. The third-order valence-electron chi connectivity index (χ3n) is 3.15. The van der Waals surface area contributed by atoms with E-state index in [4.69, 9.17) is 26.8 Å². The van der Waals surface area contributed by atoms with Gasteiger partial charge in [0.05, 0.1) is 17.0 Å². The lowest BCUT2D eigenvalue weighted by Gasteiger charge is -2.33. The fourth-order valence-corrected chi connectivity index (χ4v) is 3.58. The Balaban J connectivity index is 2.80. The molecular weight excluding hydrogens is 296 g/mol. The summed E-state index contributed by atoms with van der Waals surface area (Å²) in [6, 6.07) is 4.20. The zero-order chi connectivity index (χ0) is 15.0. The Morgan fingerprint density at radius 3 is 2.45 bits per heavy atom. The van der Waals surface area contributed by atoms with Crippen LogP contribution in [0.25, 0.3) is 0 Å². The first-order chi connectivity index (χ1) is 9.60. The Morgan fingerprint density at radius 1 is 1.25 bits per heavy atom. The maximum atomic E-state index is 6.20. The van der Waals surface area contributed by atoms with Crippen LogP contribution in [-0.2, 0) is 9.47 Å². The van der Waals surface area contributed by atoms with Crippen molar-refractivity contribution < 1.29 is 9.47 Å². The van der Waals surface area contributed by atoms with Gasteiger partial charge in [-0.3, -0.25) is 4.90 Å². The highest BCUT2D eigenvalue weighted by molar-refractivity contribution is 7.16. The van der Waals surface area contributed by atoms with Crippen molar-refractivity contribution in [3.8, 4) is 0 Å². The smallest absolute Gasteiger partial charge is 0.0931 e. The molecule has 1 rings (SSSR count). The van der Waals surface area contributed by atoms with Crippen LogP contribution in [0.3, 0.4) is 0 Å². The Bertz CT molecular complexity index is 374. The van der Waals surface area contributed by atoms with Crippen molar-refractivity contribution >= 4 is 22.9 Å². The van der Waals surface area contributed by atoms with Crippen LogP contribution in [0, 0.1) is 0 Å². The van der Waals surface area contributed by atoms with E-state index in [1.54, 1.807) is 25.6 Å². The van der Waals surface area contributed by atoms with Crippen molar-refractivity contribution in [2.45, 2.75) is 25.4 Å². The van der Waals surface area contributed by atoms with Gasteiger partial charge in [0.2, 0.25) is 0 Å². The lowest BCUT2D eigenvalue weighted by atomic mass is 10.1. The predicted molar refractivity (Wildman–Crippen MR) is 85.7 cm³/mol. The number of hydrogen-bond donors (Lipinski definition) is 1. The van der Waals surface area contributed by atoms with Crippen molar-refractivity contribution in [1.29, 1.82) is 0 Å². The second-order valence-electron chi connectivity index (χ2n) is 4.82. The van der Waals surface area contributed by atoms with E-state index in [9.17, 15) is 0 Å². The predicted octanol–water partition coefficient (Wildman–Crippen LogP) is 2.77. The summed E-state index contributed by atoms with van der Waals surface area (Å²) in [5.74, 6) is 0. The first kappa shape index (κ1) is 17.9. The first-order valence-electron chi connectivity index (χ1n) is 6.83. The Hall–Kier alpha value is -0.170. The second kappa shape index (κ2) is 9.71. The number of rotatable bonds is 10. The highest BCUT2D eigenvalue weighted by Gasteiger charge is 2.25. The van der Waals surface area contributed by atoms with E-state index >= 15 is 0 Å². The number of nitrogens with two attached hydrogens (primary N) is 1. The molecule has 1 aromatic heterocycles. The molecule has 0 bridgehead atoms. The fourth-order valence-electron chi connectivity index (χ4n) is 2.27. The molecule has 0 aliphatic carbocycles. The Labute approximate surface area is 130 Å². The van der Waals surface area contributed by atoms with Crippen LogP contribution in [0.15, 0.2) is 12.1 Å². The van der Waals surface area contributed by atoms with Crippen LogP contribution < -0.4 is 5.73 Å². The average molecular weight is 321 g/mol. The molecule has 2 N–H and O–H groups in total. The van der Waals surface area contributed by atoms with Crippen molar-refractivity contribution in [1.82, 2.24) is 4.90 Å². The summed E-state index contributed by atoms with van der Waals surface area (Å²) in [5.41, 5.74) is 6.20. The van der Waals surface area contributed by atoms with Crippen molar-refractivity contribution in [3.05, 3.63) is 21.3 Å². The number of methoxy groups -OCH3 is 2. The van der Waals surface area contributed by atoms with Gasteiger partial charge in [-0.25, -0.2) is 0 Å². The molecule has 116 valence electrons. The molecule has 0 saturated carbocycles. The van der Waals surface area contributed by atoms with Gasteiger partial charge in [0.15, 0.2) is 0 Å². The topological polar surface area (TPSA) is 47.7 Å². The first-order valence-corrected chi connectivity index (χ1v) is 8.02. The molecule has 2 unspecified atom stereocenters. The summed E-state index contributed by atoms with van der Waals surface area (Å²) >= 11 is 7.66. The van der Waals surface area contributed by atoms with Gasteiger partial charge in [-0.2, -0.15) is 0 Å². The van der Waals surface area contributed by atoms with Crippen molar-refractivity contribution in [2.24, 2.45) is 5.73 Å². The maximum absolute atomic E-state index is 6.20. The van der Waals surface area contributed by atoms with Crippen LogP contribution in [0.1, 0.15) is 24.3 Å². The van der Waals surface area contributed by atoms with E-state index in [0.29, 0.717) is 6.61 Å². The van der Waals surface area contributed by atoms with Gasteiger partial charge in [0.25, 0.3) is 0 Å². The maximum Gasteiger partial charge on any atom is 0.0931 e. The van der Waals surface area contributed by atoms with E-state index in [1.807, 2.05) is 13.0 Å². The van der Waals surface area contributed by atoms with Gasteiger partial charge < -0.3 is 15.2 Å². The molecule has 0 aromatic carbocycles. The highest BCUT2D eigenvalue weighted by atomic mass is 35.5. The molecule has 0 fully saturated rings. The zero-order valence-electron chi connectivity index (χ0n) is 12.5. The van der Waals surface area contributed by atoms with Crippen LogP contribution in [0.2, 0.25) is 4.34 Å². The second-order valence-corrected chi connectivity index (χ2v) is 6.57. The lowest BCUT2D eigenvalue weighted by Crippen LogP contribution is -2.41. The summed E-state index contributed by atoms with van der Waals surface area (Å²) in [6.45, 7) is 5.25. The largest absolute Gasteiger partial charge is 0.385 e. The molecule has 0 radical (unpaired) electrons. The number of thiophene rings is 1. The van der Waals surface area contributed by atoms with Crippen LogP contribution in [0.4, 0.5) is 0 Å². The van der Waals surface area contributed by atoms with Crippen LogP contribution >= 0.6 is 22.9 Å². The van der Waals surface area contributed by atoms with E-state index < -0.39 is 0 Å². The number of ether oxygens (including phenoxy) is 2. The summed E-state index contributed by atoms with van der Waals surface area (Å²) in [4.78, 5) is 3.56. The van der Waals surface area contributed by atoms with Gasteiger partial charge in [-0.05, 0) is 25.5 Å². The zero-order valence-corrected chi connectivity index (χ0v) is 14.0. The van der Waals surface area contributed by atoms with Crippen molar-refractivity contribution in [2.75, 3.05) is 40.5 Å². The average Bonchev–Trinajstić information content (AvgIpc) is 2.81. The molecule has 0 amide bonds. The lowest BCUT2D eigenvalue weighted by molar-refractivity contribution is 0.0993. The number of nitrogens with zero attached hydrogens (tertiary/aromatic N) is 1. The van der Waals surface area contributed by atoms with Gasteiger partial charge in [-0.15, -0.1) is 11.3 Å². The minimum Gasteiger partial charge on any atom is -0.385 e. The molecule has 6 heteroatoms. The summed E-state index contributed by atoms with van der Waals surface area (Å²) in [6.07, 6.45) is 0.975. The minimum atomic E-state index is 0.0316. The summed E-state index contributed by atoms with van der Waals surface area (Å²) < 4.78 is 11.2. The van der Waals surface area contributed by atoms with Crippen molar-refractivity contribution in [3.63, 3.8) is 0 Å². The molecule has 0 spiro atoms. The SMILES string of the molecule is COCCCN(CCOC)C(c1ccc(Cl)s1)C(C)N. The minimum absolute atomic E-state index is 0.0316. The standard InChI is InChI=1S/C14H25ClN2O2S/c1-11(16)14(12-5-6-13(15)20-12)17(8-10-19-3)7-4-9-18-2/h5-6,11,14H,4,7-10,16H2,1-3H3. The molecule has 1 heterocycles. The van der Waals surface area contributed by atoms with Gasteiger partial charge in [0.1, 0.15) is 0 Å². The molecule has 1 aromatic rings. The molecule has 4 nitrogen and oxygen atoms in total. The van der Waals surface area contributed by atoms with Gasteiger partial charge >= 0.3 is 0 Å². The molecule has 0 aliphatic heterocycles. The third-order valence-corrected chi connectivity index (χ3v) is 4.46. The van der Waals surface area contributed by atoms with Gasteiger partial charge in [-0.1, -0.05) is 11.6 Å². The van der Waals surface area contributed by atoms with E-state index in [-0.39, 0.29) is 12.1 Å². The molecule has 2 atom stereocenters. The molecule has 0 saturated heterocycles. The Kier molecular flexibility index (Phi) is 8.68. The van der Waals surface area contributed by atoms with Crippen LogP contribution in [-0.4, -0.2) is 51.5 Å². The number of halogens is 1.